The third-order valence-electron chi connectivity index (χ3n) is 4.50. The zero-order valence-electron chi connectivity index (χ0n) is 12.7. The van der Waals surface area contributed by atoms with Crippen molar-refractivity contribution in [2.45, 2.75) is 58.1 Å². The normalized spacial score (nSPS) is 21.2. The van der Waals surface area contributed by atoms with E-state index in [1.54, 1.807) is 0 Å². The van der Waals surface area contributed by atoms with Crippen molar-refractivity contribution in [2.75, 3.05) is 11.9 Å². The number of anilines is 1. The number of hydrogen-bond donors (Lipinski definition) is 1. The number of nitriles is 1. The van der Waals surface area contributed by atoms with Crippen LogP contribution < -0.4 is 5.32 Å². The van der Waals surface area contributed by atoms with E-state index in [4.69, 9.17) is 10.00 Å². The maximum Gasteiger partial charge on any atom is 0.0994 e. The third kappa shape index (κ3) is 3.13. The lowest BCUT2D eigenvalue weighted by Crippen LogP contribution is -2.43. The minimum atomic E-state index is 0.0392. The van der Waals surface area contributed by atoms with Gasteiger partial charge in [0.25, 0.3) is 0 Å². The Morgan fingerprint density at radius 2 is 2.15 bits per heavy atom. The van der Waals surface area contributed by atoms with E-state index in [0.717, 1.165) is 49.1 Å². The standard InChI is InChI=1S/C17H24N2O/c1-4-17(5-2)11-16(8-9-20-17)19-15-7-6-14(12-18)13(3)10-15/h6-7,10,16,19H,4-5,8-9,11H2,1-3H3. The summed E-state index contributed by atoms with van der Waals surface area (Å²) in [4.78, 5) is 0. The quantitative estimate of drug-likeness (QED) is 0.900. The van der Waals surface area contributed by atoms with Gasteiger partial charge >= 0.3 is 0 Å². The van der Waals surface area contributed by atoms with Crippen molar-refractivity contribution >= 4 is 5.69 Å². The van der Waals surface area contributed by atoms with E-state index >= 15 is 0 Å². The molecule has 0 amide bonds. The van der Waals surface area contributed by atoms with Crippen molar-refractivity contribution in [1.82, 2.24) is 0 Å². The minimum absolute atomic E-state index is 0.0392. The molecule has 1 aromatic rings. The summed E-state index contributed by atoms with van der Waals surface area (Å²) < 4.78 is 6.01. The van der Waals surface area contributed by atoms with Gasteiger partial charge in [-0.3, -0.25) is 0 Å². The topological polar surface area (TPSA) is 45.0 Å². The summed E-state index contributed by atoms with van der Waals surface area (Å²) in [6.45, 7) is 7.22. The molecule has 3 nitrogen and oxygen atoms in total. The van der Waals surface area contributed by atoms with Crippen LogP contribution in [0.1, 0.15) is 50.7 Å². The van der Waals surface area contributed by atoms with Crippen LogP contribution in [-0.2, 0) is 4.74 Å². The molecule has 1 heterocycles. The van der Waals surface area contributed by atoms with Crippen molar-refractivity contribution in [2.24, 2.45) is 0 Å². The molecular weight excluding hydrogens is 248 g/mol. The second kappa shape index (κ2) is 6.28. The average Bonchev–Trinajstić information content (AvgIpc) is 2.47. The fourth-order valence-corrected chi connectivity index (χ4v) is 3.01. The second-order valence-corrected chi connectivity index (χ2v) is 5.71. The molecule has 3 heteroatoms. The molecule has 1 N–H and O–H groups in total. The van der Waals surface area contributed by atoms with E-state index in [1.165, 1.54) is 0 Å². The molecule has 1 saturated heterocycles. The number of rotatable bonds is 4. The van der Waals surface area contributed by atoms with E-state index in [-0.39, 0.29) is 5.60 Å². The van der Waals surface area contributed by atoms with Gasteiger partial charge in [0.15, 0.2) is 0 Å². The van der Waals surface area contributed by atoms with Gasteiger partial charge in [0.2, 0.25) is 0 Å². The van der Waals surface area contributed by atoms with Crippen LogP contribution in [0.15, 0.2) is 18.2 Å². The smallest absolute Gasteiger partial charge is 0.0994 e. The Hall–Kier alpha value is -1.53. The van der Waals surface area contributed by atoms with E-state index < -0.39 is 0 Å². The van der Waals surface area contributed by atoms with Crippen LogP contribution in [0.4, 0.5) is 5.69 Å². The third-order valence-corrected chi connectivity index (χ3v) is 4.50. The van der Waals surface area contributed by atoms with Gasteiger partial charge in [-0.05, 0) is 56.4 Å². The molecule has 20 heavy (non-hydrogen) atoms. The Morgan fingerprint density at radius 1 is 1.40 bits per heavy atom. The monoisotopic (exact) mass is 272 g/mol. The van der Waals surface area contributed by atoms with Crippen LogP contribution in [0.3, 0.4) is 0 Å². The first kappa shape index (κ1) is 14.9. The van der Waals surface area contributed by atoms with E-state index in [2.05, 4.69) is 31.3 Å². The molecule has 0 saturated carbocycles. The molecule has 1 aliphatic rings. The Labute approximate surface area is 121 Å². The maximum atomic E-state index is 8.98. The number of hydrogen-bond acceptors (Lipinski definition) is 3. The molecule has 0 aliphatic carbocycles. The average molecular weight is 272 g/mol. The zero-order valence-corrected chi connectivity index (χ0v) is 12.7. The van der Waals surface area contributed by atoms with Crippen molar-refractivity contribution < 1.29 is 4.74 Å². The predicted octanol–water partition coefficient (Wildman–Crippen LogP) is 4.02. The number of nitrogens with zero attached hydrogens (tertiary/aromatic N) is 1. The highest BCUT2D eigenvalue weighted by Gasteiger charge is 2.34. The van der Waals surface area contributed by atoms with Gasteiger partial charge in [0.05, 0.1) is 17.2 Å². The number of benzene rings is 1. The summed E-state index contributed by atoms with van der Waals surface area (Å²) >= 11 is 0. The van der Waals surface area contributed by atoms with E-state index in [9.17, 15) is 0 Å². The van der Waals surface area contributed by atoms with E-state index in [0.29, 0.717) is 6.04 Å². The molecule has 1 unspecified atom stereocenters. The summed E-state index contributed by atoms with van der Waals surface area (Å²) in [5.41, 5.74) is 2.92. The Morgan fingerprint density at radius 3 is 2.75 bits per heavy atom. The molecule has 1 atom stereocenters. The summed E-state index contributed by atoms with van der Waals surface area (Å²) in [6.07, 6.45) is 4.22. The Kier molecular flexibility index (Phi) is 4.67. The molecular formula is C17H24N2O. The maximum absolute atomic E-state index is 8.98. The van der Waals surface area contributed by atoms with Gasteiger partial charge in [-0.15, -0.1) is 0 Å². The van der Waals surface area contributed by atoms with Gasteiger partial charge in [-0.25, -0.2) is 0 Å². The number of nitrogens with one attached hydrogen (secondary N) is 1. The largest absolute Gasteiger partial charge is 0.382 e. The zero-order chi connectivity index (χ0) is 14.6. The first-order chi connectivity index (χ1) is 9.62. The SMILES string of the molecule is CCC1(CC)CC(Nc2ccc(C#N)c(C)c2)CCO1. The molecule has 0 bridgehead atoms. The second-order valence-electron chi connectivity index (χ2n) is 5.71. The lowest BCUT2D eigenvalue weighted by atomic mass is 9.86. The number of aryl methyl sites for hydroxylation is 1. The lowest BCUT2D eigenvalue weighted by molar-refractivity contribution is -0.0864. The van der Waals surface area contributed by atoms with Crippen molar-refractivity contribution in [3.8, 4) is 6.07 Å². The Bertz CT molecular complexity index is 500. The van der Waals surface area contributed by atoms with Crippen molar-refractivity contribution in [3.05, 3.63) is 29.3 Å². The molecule has 1 aromatic carbocycles. The van der Waals surface area contributed by atoms with Crippen LogP contribution >= 0.6 is 0 Å². The fourth-order valence-electron chi connectivity index (χ4n) is 3.01. The Balaban J connectivity index is 2.06. The minimum Gasteiger partial charge on any atom is -0.382 e. The van der Waals surface area contributed by atoms with Crippen LogP contribution in [0.25, 0.3) is 0 Å². The van der Waals surface area contributed by atoms with Crippen molar-refractivity contribution in [1.29, 1.82) is 5.26 Å². The molecule has 0 spiro atoms. The van der Waals surface area contributed by atoms with Gasteiger partial charge in [0, 0.05) is 18.3 Å². The molecule has 108 valence electrons. The summed E-state index contributed by atoms with van der Waals surface area (Å²) in [7, 11) is 0. The molecule has 0 radical (unpaired) electrons. The number of ether oxygens (including phenoxy) is 1. The molecule has 1 aliphatic heterocycles. The summed E-state index contributed by atoms with van der Waals surface area (Å²) in [6, 6.07) is 8.62. The van der Waals surface area contributed by atoms with Crippen molar-refractivity contribution in [3.63, 3.8) is 0 Å². The lowest BCUT2D eigenvalue weighted by Gasteiger charge is -2.40. The van der Waals surface area contributed by atoms with Gasteiger partial charge in [-0.2, -0.15) is 5.26 Å². The molecule has 2 rings (SSSR count). The van der Waals surface area contributed by atoms with Crippen LogP contribution in [0.2, 0.25) is 0 Å². The molecule has 1 fully saturated rings. The highest BCUT2D eigenvalue weighted by Crippen LogP contribution is 2.32. The highest BCUT2D eigenvalue weighted by molar-refractivity contribution is 5.52. The fraction of sp³-hybridized carbons (Fsp3) is 0.588. The van der Waals surface area contributed by atoms with Gasteiger partial charge in [-0.1, -0.05) is 13.8 Å². The summed E-state index contributed by atoms with van der Waals surface area (Å²) in [5.74, 6) is 0. The van der Waals surface area contributed by atoms with Crippen LogP contribution in [0, 0.1) is 18.3 Å². The summed E-state index contributed by atoms with van der Waals surface area (Å²) in [5, 5.41) is 12.6. The van der Waals surface area contributed by atoms with Crippen LogP contribution in [-0.4, -0.2) is 18.2 Å². The van der Waals surface area contributed by atoms with Gasteiger partial charge in [0.1, 0.15) is 0 Å². The highest BCUT2D eigenvalue weighted by atomic mass is 16.5. The van der Waals surface area contributed by atoms with Crippen LogP contribution in [0.5, 0.6) is 0 Å². The van der Waals surface area contributed by atoms with Gasteiger partial charge < -0.3 is 10.1 Å². The first-order valence-electron chi connectivity index (χ1n) is 7.53. The first-order valence-corrected chi connectivity index (χ1v) is 7.53. The van der Waals surface area contributed by atoms with E-state index in [1.807, 2.05) is 19.1 Å². The predicted molar refractivity (Wildman–Crippen MR) is 81.8 cm³/mol. The molecule has 0 aromatic heterocycles.